The molecule has 2 rings (SSSR count). The predicted molar refractivity (Wildman–Crippen MR) is 125 cm³/mol. The van der Waals surface area contributed by atoms with Crippen LogP contribution in [0.5, 0.6) is 5.75 Å². The van der Waals surface area contributed by atoms with Gasteiger partial charge < -0.3 is 19.9 Å². The average molecular weight is 500 g/mol. The lowest BCUT2D eigenvalue weighted by molar-refractivity contribution is 0.414. The van der Waals surface area contributed by atoms with Crippen LogP contribution >= 0.6 is 24.0 Å². The number of halogens is 1. The molecule has 7 nitrogen and oxygen atoms in total. The van der Waals surface area contributed by atoms with Gasteiger partial charge in [-0.05, 0) is 43.9 Å². The molecule has 0 radical (unpaired) electrons. The van der Waals surface area contributed by atoms with Crippen molar-refractivity contribution in [1.82, 2.24) is 25.4 Å². The predicted octanol–water partition coefficient (Wildman–Crippen LogP) is 3.05. The van der Waals surface area contributed by atoms with Gasteiger partial charge in [-0.1, -0.05) is 19.1 Å². The monoisotopic (exact) mass is 500 g/mol. The minimum absolute atomic E-state index is 0. The fraction of sp³-hybridized carbons (Fsp3) is 0.550. The molecule has 28 heavy (non-hydrogen) atoms. The quantitative estimate of drug-likeness (QED) is 0.215. The number of nitrogens with one attached hydrogen (secondary N) is 2. The number of aromatic nitrogens is 3. The van der Waals surface area contributed by atoms with E-state index in [4.69, 9.17) is 4.74 Å². The first-order valence-corrected chi connectivity index (χ1v) is 9.78. The number of aliphatic imine (C=N–C) groups is 1. The summed E-state index contributed by atoms with van der Waals surface area (Å²) in [6.45, 7) is 7.46. The number of methoxy groups -OCH3 is 1. The van der Waals surface area contributed by atoms with Crippen molar-refractivity contribution in [3.8, 4) is 5.75 Å². The van der Waals surface area contributed by atoms with Gasteiger partial charge in [-0.25, -0.2) is 0 Å². The van der Waals surface area contributed by atoms with Crippen molar-refractivity contribution < 1.29 is 4.74 Å². The van der Waals surface area contributed by atoms with Crippen LogP contribution in [0.4, 0.5) is 0 Å². The number of hydrogen-bond donors (Lipinski definition) is 2. The van der Waals surface area contributed by atoms with Gasteiger partial charge in [0.25, 0.3) is 0 Å². The second-order valence-corrected chi connectivity index (χ2v) is 6.29. The highest BCUT2D eigenvalue weighted by Crippen LogP contribution is 2.13. The van der Waals surface area contributed by atoms with Crippen molar-refractivity contribution in [2.45, 2.75) is 46.1 Å². The minimum Gasteiger partial charge on any atom is -0.497 e. The molecule has 1 aromatic heterocycles. The third-order valence-electron chi connectivity index (χ3n) is 4.30. The van der Waals surface area contributed by atoms with Gasteiger partial charge in [0.2, 0.25) is 0 Å². The van der Waals surface area contributed by atoms with E-state index in [-0.39, 0.29) is 24.0 Å². The van der Waals surface area contributed by atoms with Crippen LogP contribution in [0, 0.1) is 0 Å². The summed E-state index contributed by atoms with van der Waals surface area (Å²) in [7, 11) is 1.69. The number of ether oxygens (including phenoxy) is 1. The second-order valence-electron chi connectivity index (χ2n) is 6.29. The minimum atomic E-state index is 0. The third-order valence-corrected chi connectivity index (χ3v) is 4.30. The number of nitrogens with zero attached hydrogens (tertiary/aromatic N) is 4. The van der Waals surface area contributed by atoms with Crippen LogP contribution in [0.15, 0.2) is 35.6 Å². The fourth-order valence-corrected chi connectivity index (χ4v) is 2.80. The Hall–Kier alpha value is -1.84. The van der Waals surface area contributed by atoms with Crippen LogP contribution in [0.2, 0.25) is 0 Å². The zero-order chi connectivity index (χ0) is 19.3. The van der Waals surface area contributed by atoms with Gasteiger partial charge in [-0.15, -0.1) is 34.2 Å². The highest BCUT2D eigenvalue weighted by Gasteiger charge is 2.02. The molecule has 2 aromatic rings. The largest absolute Gasteiger partial charge is 0.497 e. The van der Waals surface area contributed by atoms with Crippen LogP contribution < -0.4 is 15.4 Å². The zero-order valence-corrected chi connectivity index (χ0v) is 19.5. The van der Waals surface area contributed by atoms with Gasteiger partial charge in [0.1, 0.15) is 17.9 Å². The molecular formula is C20H33IN6O. The van der Waals surface area contributed by atoms with Crippen molar-refractivity contribution in [2.75, 3.05) is 26.7 Å². The van der Waals surface area contributed by atoms with Crippen LogP contribution in [-0.4, -0.2) is 47.5 Å². The molecule has 156 valence electrons. The molecule has 0 saturated heterocycles. The van der Waals surface area contributed by atoms with E-state index >= 15 is 0 Å². The zero-order valence-electron chi connectivity index (χ0n) is 17.1. The molecule has 8 heteroatoms. The molecule has 0 amide bonds. The molecule has 0 atom stereocenters. The molecule has 0 bridgehead atoms. The third kappa shape index (κ3) is 8.45. The number of guanidine groups is 1. The summed E-state index contributed by atoms with van der Waals surface area (Å²) in [4.78, 5) is 4.67. The van der Waals surface area contributed by atoms with Crippen LogP contribution in [-0.2, 0) is 19.4 Å². The lowest BCUT2D eigenvalue weighted by Gasteiger charge is -2.12. The van der Waals surface area contributed by atoms with Crippen molar-refractivity contribution in [1.29, 1.82) is 0 Å². The Bertz CT molecular complexity index is 686. The van der Waals surface area contributed by atoms with E-state index in [1.807, 2.05) is 12.1 Å². The first kappa shape index (κ1) is 24.2. The van der Waals surface area contributed by atoms with Crippen molar-refractivity contribution in [3.05, 3.63) is 42.0 Å². The maximum Gasteiger partial charge on any atom is 0.191 e. The molecule has 0 aliphatic carbocycles. The number of unbranched alkanes of at least 4 members (excludes halogenated alkanes) is 1. The number of rotatable bonds is 11. The summed E-state index contributed by atoms with van der Waals surface area (Å²) in [5, 5.41) is 14.7. The molecule has 1 heterocycles. The van der Waals surface area contributed by atoms with E-state index in [2.05, 4.69) is 56.4 Å². The van der Waals surface area contributed by atoms with Crippen molar-refractivity contribution in [3.63, 3.8) is 0 Å². The molecular weight excluding hydrogens is 467 g/mol. The van der Waals surface area contributed by atoms with Crippen LogP contribution in [0.1, 0.15) is 38.1 Å². The Labute approximate surface area is 185 Å². The Kier molecular flexibility index (Phi) is 12.3. The Morgan fingerprint density at radius 1 is 1.14 bits per heavy atom. The highest BCUT2D eigenvalue weighted by atomic mass is 127. The Morgan fingerprint density at radius 2 is 1.93 bits per heavy atom. The summed E-state index contributed by atoms with van der Waals surface area (Å²) in [5.74, 6) is 2.78. The summed E-state index contributed by atoms with van der Waals surface area (Å²) in [6, 6.07) is 8.29. The molecule has 0 spiro atoms. The molecule has 0 unspecified atom stereocenters. The van der Waals surface area contributed by atoms with E-state index < -0.39 is 0 Å². The van der Waals surface area contributed by atoms with Crippen molar-refractivity contribution >= 4 is 29.9 Å². The van der Waals surface area contributed by atoms with Gasteiger partial charge >= 0.3 is 0 Å². The number of hydrogen-bond acceptors (Lipinski definition) is 4. The molecule has 0 aliphatic rings. The first-order chi connectivity index (χ1) is 13.3. The van der Waals surface area contributed by atoms with E-state index in [0.717, 1.165) is 69.4 Å². The Morgan fingerprint density at radius 3 is 2.61 bits per heavy atom. The maximum absolute atomic E-state index is 5.19. The first-order valence-electron chi connectivity index (χ1n) is 9.78. The van der Waals surface area contributed by atoms with Gasteiger partial charge in [0.05, 0.1) is 7.11 Å². The van der Waals surface area contributed by atoms with Crippen LogP contribution in [0.25, 0.3) is 0 Å². The molecule has 1 aromatic carbocycles. The SMILES string of the molecule is CCNC(=NCCCCc1ccc(OC)cc1)NCCn1cnnc1CC.I. The molecule has 2 N–H and O–H groups in total. The van der Waals surface area contributed by atoms with E-state index in [9.17, 15) is 0 Å². The summed E-state index contributed by atoms with van der Waals surface area (Å²) < 4.78 is 7.26. The van der Waals surface area contributed by atoms with E-state index in [1.165, 1.54) is 5.56 Å². The average Bonchev–Trinajstić information content (AvgIpc) is 3.15. The lowest BCUT2D eigenvalue weighted by atomic mass is 10.1. The number of benzene rings is 1. The topological polar surface area (TPSA) is 76.4 Å². The highest BCUT2D eigenvalue weighted by molar-refractivity contribution is 14.0. The van der Waals surface area contributed by atoms with Gasteiger partial charge in [-0.3, -0.25) is 4.99 Å². The fourth-order valence-electron chi connectivity index (χ4n) is 2.80. The van der Waals surface area contributed by atoms with Gasteiger partial charge in [0.15, 0.2) is 5.96 Å². The standard InChI is InChI=1S/C20H32N6O.HI/c1-4-19-25-24-16-26(19)15-14-23-20(21-5-2)22-13-7-6-8-17-9-11-18(27-3)12-10-17;/h9-12,16H,4-8,13-15H2,1-3H3,(H2,21,22,23);1H. The van der Waals surface area contributed by atoms with E-state index in [0.29, 0.717) is 0 Å². The summed E-state index contributed by atoms with van der Waals surface area (Å²) >= 11 is 0. The summed E-state index contributed by atoms with van der Waals surface area (Å²) in [6.07, 6.45) is 5.92. The number of aryl methyl sites for hydroxylation is 2. The normalized spacial score (nSPS) is 11.0. The van der Waals surface area contributed by atoms with Crippen molar-refractivity contribution in [2.24, 2.45) is 4.99 Å². The van der Waals surface area contributed by atoms with Crippen LogP contribution in [0.3, 0.4) is 0 Å². The van der Waals surface area contributed by atoms with Gasteiger partial charge in [0, 0.05) is 32.6 Å². The molecule has 0 saturated carbocycles. The lowest BCUT2D eigenvalue weighted by Crippen LogP contribution is -2.39. The van der Waals surface area contributed by atoms with E-state index in [1.54, 1.807) is 13.4 Å². The Balaban J connectivity index is 0.00000392. The molecule has 0 fully saturated rings. The maximum atomic E-state index is 5.19. The summed E-state index contributed by atoms with van der Waals surface area (Å²) in [5.41, 5.74) is 1.34. The van der Waals surface area contributed by atoms with Gasteiger partial charge in [-0.2, -0.15) is 0 Å². The second kappa shape index (κ2) is 14.2. The smallest absolute Gasteiger partial charge is 0.191 e. The molecule has 0 aliphatic heterocycles.